The van der Waals surface area contributed by atoms with Crippen molar-refractivity contribution in [2.24, 2.45) is 0 Å². The highest BCUT2D eigenvalue weighted by molar-refractivity contribution is 6.03. The fraction of sp³-hybridized carbons (Fsp3) is 0. The third-order valence-corrected chi connectivity index (χ3v) is 4.01. The molecule has 0 unspecified atom stereocenters. The summed E-state index contributed by atoms with van der Waals surface area (Å²) in [6, 6.07) is 15.5. The van der Waals surface area contributed by atoms with Gasteiger partial charge in [-0.2, -0.15) is 5.10 Å². The summed E-state index contributed by atoms with van der Waals surface area (Å²) in [7, 11) is 0. The SMILES string of the molecule is O=C(Nc1cnn(-c2ccccc2)c1)c1cnc(-c2cccc([N+](=O)[O-])c2)[nH]1. The number of benzene rings is 2. The van der Waals surface area contributed by atoms with E-state index in [0.717, 1.165) is 5.69 Å². The highest BCUT2D eigenvalue weighted by Crippen LogP contribution is 2.21. The maximum atomic E-state index is 12.5. The van der Waals surface area contributed by atoms with Crippen molar-refractivity contribution in [2.75, 3.05) is 5.32 Å². The van der Waals surface area contributed by atoms with Gasteiger partial charge in [0.2, 0.25) is 0 Å². The number of nitrogens with zero attached hydrogens (tertiary/aromatic N) is 4. The number of para-hydroxylation sites is 1. The highest BCUT2D eigenvalue weighted by atomic mass is 16.6. The van der Waals surface area contributed by atoms with Crippen LogP contribution >= 0.6 is 0 Å². The van der Waals surface area contributed by atoms with Crippen molar-refractivity contribution in [3.05, 3.63) is 89.0 Å². The molecule has 0 bridgehead atoms. The van der Waals surface area contributed by atoms with Crippen LogP contribution in [0.4, 0.5) is 11.4 Å². The van der Waals surface area contributed by atoms with Gasteiger partial charge >= 0.3 is 0 Å². The first-order valence-electron chi connectivity index (χ1n) is 8.31. The summed E-state index contributed by atoms with van der Waals surface area (Å²) in [5, 5.41) is 17.9. The van der Waals surface area contributed by atoms with Gasteiger partial charge in [-0.15, -0.1) is 0 Å². The van der Waals surface area contributed by atoms with Crippen molar-refractivity contribution in [1.82, 2.24) is 19.7 Å². The molecule has 2 aromatic carbocycles. The van der Waals surface area contributed by atoms with Crippen molar-refractivity contribution >= 4 is 17.3 Å². The van der Waals surface area contributed by atoms with E-state index in [9.17, 15) is 14.9 Å². The Morgan fingerprint density at radius 1 is 1.11 bits per heavy atom. The monoisotopic (exact) mass is 374 g/mol. The number of non-ortho nitro benzene ring substituents is 1. The lowest BCUT2D eigenvalue weighted by molar-refractivity contribution is -0.384. The van der Waals surface area contributed by atoms with Gasteiger partial charge in [-0.25, -0.2) is 9.67 Å². The van der Waals surface area contributed by atoms with Crippen LogP contribution in [-0.4, -0.2) is 30.6 Å². The molecule has 0 spiro atoms. The zero-order valence-electron chi connectivity index (χ0n) is 14.4. The van der Waals surface area contributed by atoms with Gasteiger partial charge in [-0.05, 0) is 12.1 Å². The molecule has 28 heavy (non-hydrogen) atoms. The van der Waals surface area contributed by atoms with E-state index in [2.05, 4.69) is 20.4 Å². The molecule has 2 heterocycles. The van der Waals surface area contributed by atoms with Crippen molar-refractivity contribution in [1.29, 1.82) is 0 Å². The molecule has 1 amide bonds. The Labute approximate surface area is 158 Å². The molecule has 0 saturated heterocycles. The number of aromatic amines is 1. The highest BCUT2D eigenvalue weighted by Gasteiger charge is 2.14. The predicted octanol–water partition coefficient (Wildman–Crippen LogP) is 3.42. The molecule has 9 heteroatoms. The second-order valence-electron chi connectivity index (χ2n) is 5.92. The predicted molar refractivity (Wildman–Crippen MR) is 102 cm³/mol. The van der Waals surface area contributed by atoms with Crippen molar-refractivity contribution in [3.8, 4) is 17.1 Å². The number of H-pyrrole nitrogens is 1. The molecule has 0 atom stereocenters. The first kappa shape index (κ1) is 17.2. The van der Waals surface area contributed by atoms with Crippen LogP contribution in [0.2, 0.25) is 0 Å². The quantitative estimate of drug-likeness (QED) is 0.410. The number of anilines is 1. The lowest BCUT2D eigenvalue weighted by Crippen LogP contribution is -2.11. The van der Waals surface area contributed by atoms with E-state index in [1.54, 1.807) is 29.2 Å². The molecule has 0 radical (unpaired) electrons. The van der Waals surface area contributed by atoms with Gasteiger partial charge in [0, 0.05) is 17.7 Å². The summed E-state index contributed by atoms with van der Waals surface area (Å²) >= 11 is 0. The minimum absolute atomic E-state index is 0.0479. The molecule has 0 saturated carbocycles. The largest absolute Gasteiger partial charge is 0.334 e. The van der Waals surface area contributed by atoms with Crippen LogP contribution in [0.25, 0.3) is 17.1 Å². The zero-order valence-corrected chi connectivity index (χ0v) is 14.4. The van der Waals surface area contributed by atoms with Gasteiger partial charge in [0.05, 0.1) is 34.9 Å². The number of rotatable bonds is 5. The topological polar surface area (TPSA) is 119 Å². The number of amides is 1. The van der Waals surface area contributed by atoms with E-state index < -0.39 is 10.8 Å². The minimum atomic E-state index is -0.482. The van der Waals surface area contributed by atoms with Gasteiger partial charge < -0.3 is 10.3 Å². The molecule has 0 fully saturated rings. The number of aromatic nitrogens is 4. The van der Waals surface area contributed by atoms with Crippen molar-refractivity contribution in [2.45, 2.75) is 0 Å². The van der Waals surface area contributed by atoms with Crippen molar-refractivity contribution < 1.29 is 9.72 Å². The first-order chi connectivity index (χ1) is 13.6. The molecule has 2 N–H and O–H groups in total. The average molecular weight is 374 g/mol. The van der Waals surface area contributed by atoms with E-state index in [-0.39, 0.29) is 11.4 Å². The smallest absolute Gasteiger partial charge is 0.273 e. The molecule has 0 aliphatic rings. The molecule has 2 aromatic heterocycles. The lowest BCUT2D eigenvalue weighted by atomic mass is 10.2. The third-order valence-electron chi connectivity index (χ3n) is 4.01. The first-order valence-corrected chi connectivity index (χ1v) is 8.31. The van der Waals surface area contributed by atoms with E-state index in [1.807, 2.05) is 30.3 Å². The van der Waals surface area contributed by atoms with E-state index in [0.29, 0.717) is 17.1 Å². The summed E-state index contributed by atoms with van der Waals surface area (Å²) in [5.41, 5.74) is 2.10. The number of hydrogen-bond acceptors (Lipinski definition) is 5. The summed E-state index contributed by atoms with van der Waals surface area (Å²) < 4.78 is 1.65. The maximum absolute atomic E-state index is 12.5. The van der Waals surface area contributed by atoms with Crippen LogP contribution in [-0.2, 0) is 0 Å². The maximum Gasteiger partial charge on any atom is 0.273 e. The zero-order chi connectivity index (χ0) is 19.5. The van der Waals surface area contributed by atoms with Gasteiger partial charge in [-0.1, -0.05) is 30.3 Å². The normalized spacial score (nSPS) is 10.6. The molecule has 138 valence electrons. The average Bonchev–Trinajstić information content (AvgIpc) is 3.39. The summed E-state index contributed by atoms with van der Waals surface area (Å²) in [6.45, 7) is 0. The Morgan fingerprint density at radius 3 is 2.71 bits per heavy atom. The Bertz CT molecular complexity index is 1150. The number of imidazole rings is 1. The van der Waals surface area contributed by atoms with Crippen LogP contribution in [0, 0.1) is 10.1 Å². The molecule has 0 aliphatic carbocycles. The van der Waals surface area contributed by atoms with Gasteiger partial charge in [0.25, 0.3) is 11.6 Å². The molecule has 4 rings (SSSR count). The van der Waals surface area contributed by atoms with Gasteiger partial charge in [0.1, 0.15) is 11.5 Å². The Balaban J connectivity index is 1.50. The van der Waals surface area contributed by atoms with Crippen molar-refractivity contribution in [3.63, 3.8) is 0 Å². The lowest BCUT2D eigenvalue weighted by Gasteiger charge is -2.01. The standard InChI is InChI=1S/C19H14N6O3/c26-19(22-14-10-21-24(12-14)15-6-2-1-3-7-15)17-11-20-18(23-17)13-5-4-8-16(9-13)25(27)28/h1-12H,(H,20,23)(H,22,26). The van der Waals surface area contributed by atoms with Gasteiger partial charge in [-0.3, -0.25) is 14.9 Å². The summed E-state index contributed by atoms with van der Waals surface area (Å²) in [6.07, 6.45) is 4.62. The molecule has 4 aromatic rings. The van der Waals surface area contributed by atoms with E-state index >= 15 is 0 Å². The third kappa shape index (κ3) is 3.49. The van der Waals surface area contributed by atoms with Crippen LogP contribution in [0.5, 0.6) is 0 Å². The molecular weight excluding hydrogens is 360 g/mol. The number of nitro groups is 1. The van der Waals surface area contributed by atoms with Crippen LogP contribution < -0.4 is 5.32 Å². The number of nitro benzene ring substituents is 1. The molecular formula is C19H14N6O3. The number of carbonyl (C=O) groups excluding carboxylic acids is 1. The number of nitrogens with one attached hydrogen (secondary N) is 2. The van der Waals surface area contributed by atoms with Gasteiger partial charge in [0.15, 0.2) is 0 Å². The Kier molecular flexibility index (Phi) is 4.38. The Hall–Kier alpha value is -4.27. The fourth-order valence-corrected chi connectivity index (χ4v) is 2.66. The number of carbonyl (C=O) groups is 1. The second kappa shape index (κ2) is 7.16. The van der Waals surface area contributed by atoms with Crippen LogP contribution in [0.15, 0.2) is 73.2 Å². The second-order valence-corrected chi connectivity index (χ2v) is 5.92. The van der Waals surface area contributed by atoms with E-state index in [4.69, 9.17) is 0 Å². The fourth-order valence-electron chi connectivity index (χ4n) is 2.66. The van der Waals surface area contributed by atoms with Crippen LogP contribution in [0.1, 0.15) is 10.5 Å². The minimum Gasteiger partial charge on any atom is -0.334 e. The number of hydrogen-bond donors (Lipinski definition) is 2. The molecule has 0 aliphatic heterocycles. The molecule has 9 nitrogen and oxygen atoms in total. The van der Waals surface area contributed by atoms with E-state index in [1.165, 1.54) is 18.3 Å². The van der Waals surface area contributed by atoms with Crippen LogP contribution in [0.3, 0.4) is 0 Å². The summed E-state index contributed by atoms with van der Waals surface area (Å²) in [4.78, 5) is 29.9. The Morgan fingerprint density at radius 2 is 1.93 bits per heavy atom. The summed E-state index contributed by atoms with van der Waals surface area (Å²) in [5.74, 6) is -0.0226.